The number of guanidine groups is 1. The first-order valence-corrected chi connectivity index (χ1v) is 10.7. The van der Waals surface area contributed by atoms with Gasteiger partial charge in [-0.3, -0.25) is 4.99 Å². The van der Waals surface area contributed by atoms with Crippen LogP contribution in [0.25, 0.3) is 11.4 Å². The molecule has 2 atom stereocenters. The molecule has 28 heavy (non-hydrogen) atoms. The zero-order valence-corrected chi connectivity index (χ0v) is 17.2. The van der Waals surface area contributed by atoms with Gasteiger partial charge in [0.05, 0.1) is 6.54 Å². The summed E-state index contributed by atoms with van der Waals surface area (Å²) in [5.41, 5.74) is 0.860. The van der Waals surface area contributed by atoms with Crippen LogP contribution in [0.15, 0.2) is 33.8 Å². The fourth-order valence-corrected chi connectivity index (χ4v) is 4.55. The Morgan fingerprint density at radius 2 is 2.07 bits per heavy atom. The number of halogens is 1. The average molecular weight is 402 g/mol. The van der Waals surface area contributed by atoms with Gasteiger partial charge >= 0.3 is 0 Å². The first kappa shape index (κ1) is 19.2. The SMILES string of the molecule is CCNC(=NCCc1nc(-c2cccc(Cl)c2)no1)N1CC2CCCCC2C1. The monoisotopic (exact) mass is 401 g/mol. The van der Waals surface area contributed by atoms with Crippen molar-refractivity contribution < 1.29 is 4.52 Å². The third kappa shape index (κ3) is 4.49. The standard InChI is InChI=1S/C21H28ClN5O/c1-2-23-21(27-13-16-6-3-4-7-17(16)14-27)24-11-10-19-25-20(26-28-19)15-8-5-9-18(22)12-15/h5,8-9,12,16-17H,2-4,6-7,10-11,13-14H2,1H3,(H,23,24). The zero-order chi connectivity index (χ0) is 19.3. The van der Waals surface area contributed by atoms with Crippen molar-refractivity contribution in [2.45, 2.75) is 39.0 Å². The van der Waals surface area contributed by atoms with Gasteiger partial charge in [-0.15, -0.1) is 0 Å². The summed E-state index contributed by atoms with van der Waals surface area (Å²) in [6, 6.07) is 7.48. The Hall–Kier alpha value is -2.08. The molecule has 0 bridgehead atoms. The van der Waals surface area contributed by atoms with Crippen molar-refractivity contribution >= 4 is 17.6 Å². The molecular weight excluding hydrogens is 374 g/mol. The number of aliphatic imine (C=N–C) groups is 1. The maximum Gasteiger partial charge on any atom is 0.228 e. The molecular formula is C21H28ClN5O. The molecule has 2 unspecified atom stereocenters. The Morgan fingerprint density at radius 3 is 2.79 bits per heavy atom. The molecule has 2 fully saturated rings. The molecule has 1 aromatic heterocycles. The minimum absolute atomic E-state index is 0.567. The lowest BCUT2D eigenvalue weighted by atomic mass is 9.82. The molecule has 1 aliphatic heterocycles. The van der Waals surface area contributed by atoms with Crippen LogP contribution in [0.4, 0.5) is 0 Å². The van der Waals surface area contributed by atoms with E-state index in [-0.39, 0.29) is 0 Å². The van der Waals surface area contributed by atoms with Crippen LogP contribution < -0.4 is 5.32 Å². The first-order chi connectivity index (χ1) is 13.7. The quantitative estimate of drug-likeness (QED) is 0.605. The van der Waals surface area contributed by atoms with Crippen LogP contribution in [0.3, 0.4) is 0 Å². The maximum absolute atomic E-state index is 6.04. The predicted octanol–water partition coefficient (Wildman–Crippen LogP) is 4.02. The molecule has 150 valence electrons. The smallest absolute Gasteiger partial charge is 0.228 e. The fraction of sp³-hybridized carbons (Fsp3) is 0.571. The van der Waals surface area contributed by atoms with Crippen LogP contribution >= 0.6 is 11.6 Å². The van der Waals surface area contributed by atoms with E-state index in [0.717, 1.165) is 43.0 Å². The molecule has 7 heteroatoms. The lowest BCUT2D eigenvalue weighted by Crippen LogP contribution is -2.40. The number of fused-ring (bicyclic) bond motifs is 1. The Balaban J connectivity index is 1.37. The predicted molar refractivity (Wildman–Crippen MR) is 111 cm³/mol. The lowest BCUT2D eigenvalue weighted by molar-refractivity contribution is 0.299. The number of rotatable bonds is 5. The summed E-state index contributed by atoms with van der Waals surface area (Å²) < 4.78 is 5.40. The van der Waals surface area contributed by atoms with Gasteiger partial charge in [0.2, 0.25) is 11.7 Å². The maximum atomic E-state index is 6.04. The molecule has 1 aromatic carbocycles. The van der Waals surface area contributed by atoms with E-state index < -0.39 is 0 Å². The van der Waals surface area contributed by atoms with Gasteiger partial charge < -0.3 is 14.7 Å². The summed E-state index contributed by atoms with van der Waals surface area (Å²) in [5, 5.41) is 8.18. The van der Waals surface area contributed by atoms with Crippen molar-refractivity contribution in [1.82, 2.24) is 20.4 Å². The van der Waals surface area contributed by atoms with Crippen LogP contribution in [0.5, 0.6) is 0 Å². The van der Waals surface area contributed by atoms with Gasteiger partial charge in [-0.25, -0.2) is 0 Å². The molecule has 1 saturated heterocycles. The van der Waals surface area contributed by atoms with Crippen molar-refractivity contribution in [2.75, 3.05) is 26.2 Å². The Bertz CT molecular complexity index is 807. The van der Waals surface area contributed by atoms with Crippen LogP contribution in [0, 0.1) is 11.8 Å². The summed E-state index contributed by atoms with van der Waals surface area (Å²) in [6.45, 7) is 5.90. The number of nitrogens with zero attached hydrogens (tertiary/aromatic N) is 4. The highest BCUT2D eigenvalue weighted by Crippen LogP contribution is 2.35. The number of likely N-dealkylation sites (tertiary alicyclic amines) is 1. The average Bonchev–Trinajstić information content (AvgIpc) is 3.34. The van der Waals surface area contributed by atoms with E-state index in [1.54, 1.807) is 0 Å². The van der Waals surface area contributed by atoms with E-state index in [9.17, 15) is 0 Å². The third-order valence-electron chi connectivity index (χ3n) is 5.75. The largest absolute Gasteiger partial charge is 0.357 e. The van der Waals surface area contributed by atoms with Gasteiger partial charge in [0.1, 0.15) is 0 Å². The Labute approximate surface area is 171 Å². The van der Waals surface area contributed by atoms with Gasteiger partial charge in [-0.05, 0) is 43.7 Å². The second-order valence-corrected chi connectivity index (χ2v) is 8.15. The molecule has 0 spiro atoms. The van der Waals surface area contributed by atoms with E-state index in [4.69, 9.17) is 21.1 Å². The van der Waals surface area contributed by atoms with Crippen molar-refractivity contribution in [2.24, 2.45) is 16.8 Å². The Morgan fingerprint density at radius 1 is 1.29 bits per heavy atom. The van der Waals surface area contributed by atoms with E-state index in [1.807, 2.05) is 24.3 Å². The van der Waals surface area contributed by atoms with Gasteiger partial charge in [0.25, 0.3) is 0 Å². The number of hydrogen-bond donors (Lipinski definition) is 1. The summed E-state index contributed by atoms with van der Waals surface area (Å²) in [4.78, 5) is 11.7. The fourth-order valence-electron chi connectivity index (χ4n) is 4.36. The molecule has 4 rings (SSSR count). The summed E-state index contributed by atoms with van der Waals surface area (Å²) >= 11 is 6.04. The van der Waals surface area contributed by atoms with Gasteiger partial charge in [0.15, 0.2) is 5.96 Å². The highest BCUT2D eigenvalue weighted by molar-refractivity contribution is 6.30. The second-order valence-electron chi connectivity index (χ2n) is 7.72. The number of nitrogens with one attached hydrogen (secondary N) is 1. The molecule has 2 heterocycles. The molecule has 2 aromatic rings. The van der Waals surface area contributed by atoms with Crippen LogP contribution in [0.2, 0.25) is 5.02 Å². The third-order valence-corrected chi connectivity index (χ3v) is 5.98. The van der Waals surface area contributed by atoms with Crippen molar-refractivity contribution in [3.63, 3.8) is 0 Å². The lowest BCUT2D eigenvalue weighted by Gasteiger charge is -2.22. The second kappa shape index (κ2) is 8.95. The molecule has 0 radical (unpaired) electrons. The van der Waals surface area contributed by atoms with Gasteiger partial charge in [-0.2, -0.15) is 4.98 Å². The summed E-state index contributed by atoms with van der Waals surface area (Å²) in [6.07, 6.45) is 6.14. The highest BCUT2D eigenvalue weighted by atomic mass is 35.5. The molecule has 6 nitrogen and oxygen atoms in total. The molecule has 0 amide bonds. The van der Waals surface area contributed by atoms with Crippen molar-refractivity contribution in [3.8, 4) is 11.4 Å². The van der Waals surface area contributed by atoms with E-state index in [2.05, 4.69) is 27.3 Å². The van der Waals surface area contributed by atoms with Crippen LogP contribution in [0.1, 0.15) is 38.5 Å². The van der Waals surface area contributed by atoms with Crippen molar-refractivity contribution in [3.05, 3.63) is 35.2 Å². The van der Waals surface area contributed by atoms with Crippen LogP contribution in [-0.2, 0) is 6.42 Å². The summed E-state index contributed by atoms with van der Waals surface area (Å²) in [7, 11) is 0. The molecule has 1 N–H and O–H groups in total. The minimum Gasteiger partial charge on any atom is -0.357 e. The summed E-state index contributed by atoms with van der Waals surface area (Å²) in [5.74, 6) is 3.87. The zero-order valence-electron chi connectivity index (χ0n) is 16.4. The van der Waals surface area contributed by atoms with E-state index in [0.29, 0.717) is 29.7 Å². The number of benzene rings is 1. The highest BCUT2D eigenvalue weighted by Gasteiger charge is 2.35. The molecule has 2 aliphatic rings. The number of aromatic nitrogens is 2. The van der Waals surface area contributed by atoms with Gasteiger partial charge in [-0.1, -0.05) is 41.7 Å². The van der Waals surface area contributed by atoms with Crippen molar-refractivity contribution in [1.29, 1.82) is 0 Å². The van der Waals surface area contributed by atoms with E-state index >= 15 is 0 Å². The topological polar surface area (TPSA) is 66.5 Å². The molecule has 1 aliphatic carbocycles. The first-order valence-electron chi connectivity index (χ1n) is 10.3. The minimum atomic E-state index is 0.567. The Kier molecular flexibility index (Phi) is 6.15. The van der Waals surface area contributed by atoms with Gasteiger partial charge in [0, 0.05) is 36.6 Å². The normalized spacial score (nSPS) is 22.4. The molecule has 1 saturated carbocycles. The van der Waals surface area contributed by atoms with E-state index in [1.165, 1.54) is 25.7 Å². The van der Waals surface area contributed by atoms with Crippen LogP contribution in [-0.4, -0.2) is 47.2 Å². The number of hydrogen-bond acceptors (Lipinski definition) is 4.